The molecule has 1 aromatic carbocycles. The van der Waals surface area contributed by atoms with E-state index in [-0.39, 0.29) is 4.90 Å². The summed E-state index contributed by atoms with van der Waals surface area (Å²) in [4.78, 5) is 20.5. The average Bonchev–Trinajstić information content (AvgIpc) is 2.45. The number of hydrogen-bond acceptors (Lipinski definition) is 6. The standard InChI is InChI=1S/C13H12N2O4S/c1-20(17,18)12-6-2-5-11(8-12)15-19-13(16)10-4-3-7-14-9-10/h2-9,15H,1H3. The molecule has 104 valence electrons. The summed E-state index contributed by atoms with van der Waals surface area (Å²) >= 11 is 0. The summed E-state index contributed by atoms with van der Waals surface area (Å²) < 4.78 is 22.8. The number of carbonyl (C=O) groups excluding carboxylic acids is 1. The van der Waals surface area contributed by atoms with Crippen LogP contribution in [0.2, 0.25) is 0 Å². The van der Waals surface area contributed by atoms with Crippen LogP contribution in [0.15, 0.2) is 53.7 Å². The fraction of sp³-hybridized carbons (Fsp3) is 0.0769. The lowest BCUT2D eigenvalue weighted by Crippen LogP contribution is -2.11. The van der Waals surface area contributed by atoms with Gasteiger partial charge in [0, 0.05) is 18.6 Å². The highest BCUT2D eigenvalue weighted by molar-refractivity contribution is 7.90. The second-order valence-corrected chi connectivity index (χ2v) is 6.05. The van der Waals surface area contributed by atoms with Gasteiger partial charge in [-0.3, -0.25) is 4.98 Å². The number of hydrogen-bond donors (Lipinski definition) is 1. The number of sulfone groups is 1. The Bertz CT molecular complexity index is 714. The molecule has 1 N–H and O–H groups in total. The van der Waals surface area contributed by atoms with Crippen LogP contribution in [0.1, 0.15) is 10.4 Å². The molecule has 2 rings (SSSR count). The molecule has 0 saturated carbocycles. The lowest BCUT2D eigenvalue weighted by Gasteiger charge is -2.07. The molecule has 0 amide bonds. The Morgan fingerprint density at radius 1 is 1.25 bits per heavy atom. The van der Waals surface area contributed by atoms with Crippen LogP contribution in [0.4, 0.5) is 5.69 Å². The Labute approximate surface area is 116 Å². The summed E-state index contributed by atoms with van der Waals surface area (Å²) in [7, 11) is -3.31. The van der Waals surface area contributed by atoms with Crippen LogP contribution in [0.25, 0.3) is 0 Å². The molecule has 1 aromatic heterocycles. The van der Waals surface area contributed by atoms with E-state index in [1.807, 2.05) is 0 Å². The first-order valence-corrected chi connectivity index (χ1v) is 7.53. The molecule has 6 nitrogen and oxygen atoms in total. The molecular weight excluding hydrogens is 280 g/mol. The van der Waals surface area contributed by atoms with E-state index in [0.717, 1.165) is 6.26 Å². The van der Waals surface area contributed by atoms with Crippen LogP contribution in [0.3, 0.4) is 0 Å². The van der Waals surface area contributed by atoms with Gasteiger partial charge in [-0.2, -0.15) is 0 Å². The molecular formula is C13H12N2O4S. The predicted octanol–water partition coefficient (Wildman–Crippen LogP) is 1.67. The summed E-state index contributed by atoms with van der Waals surface area (Å²) in [6.07, 6.45) is 4.02. The lowest BCUT2D eigenvalue weighted by molar-refractivity contribution is 0.0596. The first-order chi connectivity index (χ1) is 9.47. The van der Waals surface area contributed by atoms with Crippen molar-refractivity contribution in [2.45, 2.75) is 4.90 Å². The monoisotopic (exact) mass is 292 g/mol. The quantitative estimate of drug-likeness (QED) is 0.863. The third-order valence-electron chi connectivity index (χ3n) is 2.42. The minimum atomic E-state index is -3.31. The maximum absolute atomic E-state index is 11.7. The summed E-state index contributed by atoms with van der Waals surface area (Å²) in [5.74, 6) is -0.608. The molecule has 0 aliphatic rings. The van der Waals surface area contributed by atoms with Gasteiger partial charge in [-0.1, -0.05) is 6.07 Å². The topological polar surface area (TPSA) is 85.4 Å². The van der Waals surface area contributed by atoms with Crippen molar-refractivity contribution in [3.63, 3.8) is 0 Å². The smallest absolute Gasteiger partial charge is 0.338 e. The zero-order chi connectivity index (χ0) is 14.6. The molecule has 0 atom stereocenters. The largest absolute Gasteiger partial charge is 0.364 e. The third-order valence-corrected chi connectivity index (χ3v) is 3.53. The number of aromatic nitrogens is 1. The summed E-state index contributed by atoms with van der Waals surface area (Å²) in [6.45, 7) is 0. The number of nitrogens with zero attached hydrogens (tertiary/aromatic N) is 1. The van der Waals surface area contributed by atoms with Gasteiger partial charge < -0.3 is 4.84 Å². The van der Waals surface area contributed by atoms with Gasteiger partial charge in [0.1, 0.15) is 0 Å². The molecule has 0 radical (unpaired) electrons. The maximum Gasteiger partial charge on any atom is 0.364 e. The highest BCUT2D eigenvalue weighted by atomic mass is 32.2. The first-order valence-electron chi connectivity index (χ1n) is 5.64. The predicted molar refractivity (Wildman–Crippen MR) is 72.8 cm³/mol. The van der Waals surface area contributed by atoms with E-state index < -0.39 is 15.8 Å². The van der Waals surface area contributed by atoms with E-state index in [2.05, 4.69) is 10.5 Å². The zero-order valence-corrected chi connectivity index (χ0v) is 11.4. The van der Waals surface area contributed by atoms with E-state index in [1.54, 1.807) is 30.5 Å². The molecule has 7 heteroatoms. The number of anilines is 1. The molecule has 0 fully saturated rings. The Morgan fingerprint density at radius 2 is 2.05 bits per heavy atom. The van der Waals surface area contributed by atoms with Crippen molar-refractivity contribution in [1.82, 2.24) is 4.98 Å². The fourth-order valence-electron chi connectivity index (χ4n) is 1.44. The van der Waals surface area contributed by atoms with Gasteiger partial charge in [-0.05, 0) is 30.3 Å². The van der Waals surface area contributed by atoms with Gasteiger partial charge >= 0.3 is 5.97 Å². The van der Waals surface area contributed by atoms with Gasteiger partial charge in [-0.25, -0.2) is 18.7 Å². The van der Waals surface area contributed by atoms with Gasteiger partial charge in [0.2, 0.25) is 0 Å². The second kappa shape index (κ2) is 5.70. The second-order valence-electron chi connectivity index (χ2n) is 4.03. The van der Waals surface area contributed by atoms with Crippen molar-refractivity contribution in [1.29, 1.82) is 0 Å². The van der Waals surface area contributed by atoms with E-state index in [1.165, 1.54) is 18.3 Å². The summed E-state index contributed by atoms with van der Waals surface area (Å²) in [5, 5.41) is 0. The molecule has 0 spiro atoms. The lowest BCUT2D eigenvalue weighted by atomic mass is 10.3. The number of nitrogens with one attached hydrogen (secondary N) is 1. The van der Waals surface area contributed by atoms with Crippen LogP contribution < -0.4 is 5.48 Å². The Morgan fingerprint density at radius 3 is 2.70 bits per heavy atom. The van der Waals surface area contributed by atoms with Crippen LogP contribution in [-0.4, -0.2) is 25.6 Å². The van der Waals surface area contributed by atoms with Gasteiger partial charge in [0.25, 0.3) is 0 Å². The fourth-order valence-corrected chi connectivity index (χ4v) is 2.10. The number of pyridine rings is 1. The number of rotatable bonds is 4. The SMILES string of the molecule is CS(=O)(=O)c1cccc(NOC(=O)c2cccnc2)c1. The van der Waals surface area contributed by atoms with Gasteiger partial charge in [-0.15, -0.1) is 0 Å². The number of carbonyl (C=O) groups is 1. The molecule has 0 saturated heterocycles. The van der Waals surface area contributed by atoms with Crippen molar-refractivity contribution in [2.24, 2.45) is 0 Å². The molecule has 0 bridgehead atoms. The van der Waals surface area contributed by atoms with Crippen LogP contribution in [0, 0.1) is 0 Å². The number of benzene rings is 1. The average molecular weight is 292 g/mol. The normalized spacial score (nSPS) is 10.8. The molecule has 0 unspecified atom stereocenters. The highest BCUT2D eigenvalue weighted by Crippen LogP contribution is 2.15. The summed E-state index contributed by atoms with van der Waals surface area (Å²) in [6, 6.07) is 9.15. The van der Waals surface area contributed by atoms with Crippen LogP contribution in [-0.2, 0) is 14.7 Å². The van der Waals surface area contributed by atoms with Crippen molar-refractivity contribution < 1.29 is 18.0 Å². The Kier molecular flexibility index (Phi) is 3.99. The van der Waals surface area contributed by atoms with Crippen molar-refractivity contribution in [2.75, 3.05) is 11.7 Å². The minimum absolute atomic E-state index is 0.139. The first kappa shape index (κ1) is 14.0. The zero-order valence-electron chi connectivity index (χ0n) is 10.6. The summed E-state index contributed by atoms with van der Waals surface area (Å²) in [5.41, 5.74) is 3.07. The van der Waals surface area contributed by atoms with Crippen LogP contribution in [0.5, 0.6) is 0 Å². The molecule has 1 heterocycles. The van der Waals surface area contributed by atoms with E-state index in [9.17, 15) is 13.2 Å². The molecule has 2 aromatic rings. The van der Waals surface area contributed by atoms with E-state index >= 15 is 0 Å². The van der Waals surface area contributed by atoms with Gasteiger partial charge in [0.05, 0.1) is 16.1 Å². The molecule has 20 heavy (non-hydrogen) atoms. The molecule has 0 aliphatic carbocycles. The van der Waals surface area contributed by atoms with E-state index in [0.29, 0.717) is 11.3 Å². The molecule has 0 aliphatic heterocycles. The van der Waals surface area contributed by atoms with E-state index in [4.69, 9.17) is 4.84 Å². The van der Waals surface area contributed by atoms with Crippen molar-refractivity contribution >= 4 is 21.5 Å². The minimum Gasteiger partial charge on any atom is -0.338 e. The van der Waals surface area contributed by atoms with Crippen molar-refractivity contribution in [3.05, 3.63) is 54.4 Å². The Hall–Kier alpha value is -2.41. The Balaban J connectivity index is 2.07. The van der Waals surface area contributed by atoms with Gasteiger partial charge in [0.15, 0.2) is 9.84 Å². The van der Waals surface area contributed by atoms with Crippen molar-refractivity contribution in [3.8, 4) is 0 Å². The third kappa shape index (κ3) is 3.55. The van der Waals surface area contributed by atoms with Crippen LogP contribution >= 0.6 is 0 Å². The highest BCUT2D eigenvalue weighted by Gasteiger charge is 2.09. The maximum atomic E-state index is 11.7.